The number of rotatable bonds is 3. The van der Waals surface area contributed by atoms with Crippen LogP contribution in [-0.4, -0.2) is 35.4 Å². The summed E-state index contributed by atoms with van der Waals surface area (Å²) in [6.07, 6.45) is 0.984. The number of aromatic nitrogens is 3. The van der Waals surface area contributed by atoms with E-state index in [0.717, 1.165) is 16.8 Å². The van der Waals surface area contributed by atoms with Gasteiger partial charge in [0.25, 0.3) is 5.71 Å². The van der Waals surface area contributed by atoms with E-state index in [-0.39, 0.29) is 0 Å². The Morgan fingerprint density at radius 3 is 2.70 bits per heavy atom. The van der Waals surface area contributed by atoms with Gasteiger partial charge in [-0.2, -0.15) is 4.98 Å². The molecule has 3 rings (SSSR count). The van der Waals surface area contributed by atoms with E-state index in [4.69, 9.17) is 4.52 Å². The lowest BCUT2D eigenvalue weighted by molar-refractivity contribution is 0.180. The summed E-state index contributed by atoms with van der Waals surface area (Å²) >= 11 is 0. The fraction of sp³-hybridized carbons (Fsp3) is 0.200. The van der Waals surface area contributed by atoms with Crippen LogP contribution in [0.25, 0.3) is 11.1 Å². The van der Waals surface area contributed by atoms with E-state index in [1.54, 1.807) is 19.2 Å². The molecular weight excluding hydrogens is 298 g/mol. The lowest BCUT2D eigenvalue weighted by Crippen LogP contribution is -2.25. The highest BCUT2D eigenvalue weighted by atomic mass is 16.5. The summed E-state index contributed by atoms with van der Waals surface area (Å²) in [6, 6.07) is 7.29. The Morgan fingerprint density at radius 1 is 1.26 bits per heavy atom. The number of aryl methyl sites for hydroxylation is 1. The van der Waals surface area contributed by atoms with Crippen molar-refractivity contribution >= 4 is 34.4 Å². The Labute approximate surface area is 132 Å². The zero-order valence-electron chi connectivity index (χ0n) is 12.9. The molecule has 0 aliphatic heterocycles. The number of nitrogens with zero attached hydrogens (tertiary/aromatic N) is 4. The highest BCUT2D eigenvalue weighted by molar-refractivity contribution is 5.90. The molecule has 0 spiro atoms. The largest absolute Gasteiger partial charge is 0.452 e. The molecule has 23 heavy (non-hydrogen) atoms. The zero-order chi connectivity index (χ0) is 16.4. The van der Waals surface area contributed by atoms with Crippen molar-refractivity contribution in [2.45, 2.75) is 6.92 Å². The third-order valence-corrected chi connectivity index (χ3v) is 3.41. The number of fused-ring (bicyclic) bond motifs is 1. The molecule has 1 amide bonds. The fourth-order valence-corrected chi connectivity index (χ4v) is 2.16. The maximum absolute atomic E-state index is 11.5. The van der Waals surface area contributed by atoms with Gasteiger partial charge in [0.15, 0.2) is 0 Å². The van der Waals surface area contributed by atoms with Crippen LogP contribution >= 0.6 is 0 Å². The first kappa shape index (κ1) is 14.8. The van der Waals surface area contributed by atoms with Crippen LogP contribution in [0.4, 0.5) is 22.0 Å². The minimum absolute atomic E-state index is 0.427. The molecule has 0 atom stereocenters. The summed E-state index contributed by atoms with van der Waals surface area (Å²) in [6.45, 7) is 1.83. The molecule has 0 bridgehead atoms. The molecule has 2 aromatic heterocycles. The van der Waals surface area contributed by atoms with Crippen molar-refractivity contribution in [3.05, 3.63) is 36.3 Å². The van der Waals surface area contributed by atoms with E-state index >= 15 is 0 Å². The van der Waals surface area contributed by atoms with Gasteiger partial charge in [-0.15, -0.1) is 0 Å². The van der Waals surface area contributed by atoms with Crippen molar-refractivity contribution in [3.63, 3.8) is 0 Å². The molecule has 2 heterocycles. The van der Waals surface area contributed by atoms with Gasteiger partial charge in [0.05, 0.1) is 12.8 Å². The summed E-state index contributed by atoms with van der Waals surface area (Å²) in [5.41, 5.74) is 2.68. The number of benzene rings is 1. The van der Waals surface area contributed by atoms with E-state index in [1.165, 1.54) is 18.3 Å². The van der Waals surface area contributed by atoms with Crippen LogP contribution in [0.2, 0.25) is 0 Å². The predicted molar refractivity (Wildman–Crippen MR) is 84.9 cm³/mol. The maximum atomic E-state index is 11.5. The lowest BCUT2D eigenvalue weighted by Gasteiger charge is -2.16. The van der Waals surface area contributed by atoms with Gasteiger partial charge in [-0.1, -0.05) is 5.16 Å². The molecule has 0 unspecified atom stereocenters. The van der Waals surface area contributed by atoms with Gasteiger partial charge in [0, 0.05) is 18.4 Å². The number of methoxy groups -OCH3 is 1. The number of carbonyl (C=O) groups is 1. The van der Waals surface area contributed by atoms with Crippen molar-refractivity contribution in [1.82, 2.24) is 15.1 Å². The molecule has 0 aliphatic rings. The molecular formula is C15H15N5O3. The topological polar surface area (TPSA) is 93.4 Å². The highest BCUT2D eigenvalue weighted by Gasteiger charge is 2.13. The number of amides is 1. The van der Waals surface area contributed by atoms with Gasteiger partial charge in [-0.25, -0.2) is 9.78 Å². The molecule has 0 fully saturated rings. The van der Waals surface area contributed by atoms with Gasteiger partial charge in [0.1, 0.15) is 17.5 Å². The molecule has 1 N–H and O–H groups in total. The minimum Gasteiger partial charge on any atom is -0.452 e. The van der Waals surface area contributed by atoms with Crippen LogP contribution in [0, 0.1) is 6.92 Å². The number of hydrogen-bond acceptors (Lipinski definition) is 7. The zero-order valence-corrected chi connectivity index (χ0v) is 12.9. The first-order valence-electron chi connectivity index (χ1n) is 6.86. The van der Waals surface area contributed by atoms with E-state index in [1.807, 2.05) is 19.1 Å². The number of ether oxygens (including phenoxy) is 1. The first-order chi connectivity index (χ1) is 11.1. The lowest BCUT2D eigenvalue weighted by atomic mass is 10.2. The summed E-state index contributed by atoms with van der Waals surface area (Å²) in [5, 5.41) is 7.83. The minimum atomic E-state index is -0.427. The van der Waals surface area contributed by atoms with Gasteiger partial charge in [0.2, 0.25) is 0 Å². The Bertz CT molecular complexity index is 844. The van der Waals surface area contributed by atoms with Crippen LogP contribution < -0.4 is 10.2 Å². The molecule has 0 radical (unpaired) electrons. The smallest absolute Gasteiger partial charge is 0.413 e. The quantitative estimate of drug-likeness (QED) is 0.794. The third kappa shape index (κ3) is 2.78. The molecule has 118 valence electrons. The Balaban J connectivity index is 1.86. The van der Waals surface area contributed by atoms with Crippen molar-refractivity contribution in [2.24, 2.45) is 0 Å². The van der Waals surface area contributed by atoms with Crippen LogP contribution in [-0.2, 0) is 4.74 Å². The second-order valence-corrected chi connectivity index (χ2v) is 4.87. The van der Waals surface area contributed by atoms with Crippen molar-refractivity contribution in [1.29, 1.82) is 0 Å². The SMILES string of the molecule is COC(=O)N(C)c1ccc(Nc2ncnc3onc(C)c23)cc1. The van der Waals surface area contributed by atoms with E-state index in [0.29, 0.717) is 17.2 Å². The molecule has 1 aromatic carbocycles. The van der Waals surface area contributed by atoms with Crippen molar-refractivity contribution in [3.8, 4) is 0 Å². The maximum Gasteiger partial charge on any atom is 0.413 e. The normalized spacial score (nSPS) is 10.6. The second kappa shape index (κ2) is 5.91. The van der Waals surface area contributed by atoms with Crippen LogP contribution in [0.5, 0.6) is 0 Å². The van der Waals surface area contributed by atoms with E-state index in [2.05, 4.69) is 25.2 Å². The first-order valence-corrected chi connectivity index (χ1v) is 6.86. The number of hydrogen-bond donors (Lipinski definition) is 1. The monoisotopic (exact) mass is 313 g/mol. The Hall–Kier alpha value is -3.16. The molecule has 0 saturated heterocycles. The average molecular weight is 313 g/mol. The summed E-state index contributed by atoms with van der Waals surface area (Å²) in [4.78, 5) is 21.2. The Kier molecular flexibility index (Phi) is 3.80. The molecule has 0 aliphatic carbocycles. The van der Waals surface area contributed by atoms with Gasteiger partial charge < -0.3 is 14.6 Å². The van der Waals surface area contributed by atoms with E-state index in [9.17, 15) is 4.79 Å². The summed E-state index contributed by atoms with van der Waals surface area (Å²) < 4.78 is 9.80. The van der Waals surface area contributed by atoms with Gasteiger partial charge >= 0.3 is 6.09 Å². The number of anilines is 3. The van der Waals surface area contributed by atoms with Crippen molar-refractivity contribution < 1.29 is 14.1 Å². The molecule has 0 saturated carbocycles. The predicted octanol–water partition coefficient (Wildman–Crippen LogP) is 2.87. The number of carbonyl (C=O) groups excluding carboxylic acids is 1. The van der Waals surface area contributed by atoms with Crippen LogP contribution in [0.15, 0.2) is 35.1 Å². The van der Waals surface area contributed by atoms with E-state index < -0.39 is 6.09 Å². The molecule has 3 aromatic rings. The summed E-state index contributed by atoms with van der Waals surface area (Å²) in [5.74, 6) is 0.614. The van der Waals surface area contributed by atoms with Gasteiger partial charge in [-0.05, 0) is 31.2 Å². The van der Waals surface area contributed by atoms with Gasteiger partial charge in [-0.3, -0.25) is 4.90 Å². The third-order valence-electron chi connectivity index (χ3n) is 3.41. The fourth-order valence-electron chi connectivity index (χ4n) is 2.16. The van der Waals surface area contributed by atoms with Crippen molar-refractivity contribution in [2.75, 3.05) is 24.4 Å². The molecule has 8 nitrogen and oxygen atoms in total. The standard InChI is InChI=1S/C15H15N5O3/c1-9-12-13(16-8-17-14(12)23-19-9)18-10-4-6-11(7-5-10)20(2)15(21)22-3/h4-8H,1-3H3,(H,16,17,18). The average Bonchev–Trinajstić information content (AvgIpc) is 2.96. The molecule has 8 heteroatoms. The number of nitrogens with one attached hydrogen (secondary N) is 1. The second-order valence-electron chi connectivity index (χ2n) is 4.87. The highest BCUT2D eigenvalue weighted by Crippen LogP contribution is 2.26. The van der Waals surface area contributed by atoms with Crippen LogP contribution in [0.3, 0.4) is 0 Å². The summed E-state index contributed by atoms with van der Waals surface area (Å²) in [7, 11) is 2.99. The van der Waals surface area contributed by atoms with Crippen LogP contribution in [0.1, 0.15) is 5.69 Å². The Morgan fingerprint density at radius 2 is 2.00 bits per heavy atom.